The lowest BCUT2D eigenvalue weighted by Crippen LogP contribution is -2.34. The number of ether oxygens (including phenoxy) is 3. The predicted octanol–water partition coefficient (Wildman–Crippen LogP) is 3.41. The monoisotopic (exact) mass is 458 g/mol. The maximum absolute atomic E-state index is 13.2. The number of benzene rings is 3. The molecule has 0 unspecified atom stereocenters. The Kier molecular flexibility index (Phi) is 9.44. The molecule has 3 rings (SSSR count). The molecule has 6 nitrogen and oxygen atoms in total. The Morgan fingerprint density at radius 2 is 1.36 bits per heavy atom. The summed E-state index contributed by atoms with van der Waals surface area (Å²) in [4.78, 5) is 0. The fourth-order valence-corrected chi connectivity index (χ4v) is 2.92. The van der Waals surface area contributed by atoms with E-state index in [2.05, 4.69) is 5.32 Å². The smallest absolute Gasteiger partial charge is 0.165 e. The fraction of sp³-hybridized carbons (Fsp3) is 0.280. The number of aliphatic hydroxyl groups excluding tert-OH is 1. The van der Waals surface area contributed by atoms with Crippen LogP contribution in [-0.4, -0.2) is 37.5 Å². The predicted molar refractivity (Wildman–Crippen MR) is 121 cm³/mol. The highest BCUT2D eigenvalue weighted by Crippen LogP contribution is 2.33. The second-order valence-electron chi connectivity index (χ2n) is 7.40. The molecule has 0 heterocycles. The Morgan fingerprint density at radius 1 is 0.788 bits per heavy atom. The van der Waals surface area contributed by atoms with Crippen LogP contribution in [0.3, 0.4) is 0 Å². The minimum atomic E-state index is -0.700. The van der Waals surface area contributed by atoms with Crippen LogP contribution < -0.4 is 25.3 Å². The zero-order chi connectivity index (χ0) is 23.5. The Balaban J connectivity index is 1.67. The quantitative estimate of drug-likeness (QED) is 0.341. The minimum Gasteiger partial charge on any atom is -0.491 e. The third-order valence-corrected chi connectivity index (χ3v) is 4.67. The summed E-state index contributed by atoms with van der Waals surface area (Å²) >= 11 is 0. The number of rotatable bonds is 13. The molecule has 0 aromatic heterocycles. The van der Waals surface area contributed by atoms with Crippen LogP contribution in [-0.2, 0) is 13.2 Å². The van der Waals surface area contributed by atoms with Crippen LogP contribution >= 0.6 is 0 Å². The summed E-state index contributed by atoms with van der Waals surface area (Å²) in [5, 5.41) is 13.0. The van der Waals surface area contributed by atoms with Gasteiger partial charge in [-0.05, 0) is 47.5 Å². The highest BCUT2D eigenvalue weighted by molar-refractivity contribution is 5.46. The van der Waals surface area contributed by atoms with Gasteiger partial charge in [0, 0.05) is 25.7 Å². The molecule has 0 bridgehead atoms. The molecular formula is C25H28F2N2O4. The van der Waals surface area contributed by atoms with Crippen LogP contribution in [0.15, 0.2) is 66.7 Å². The van der Waals surface area contributed by atoms with Crippen molar-refractivity contribution in [3.05, 3.63) is 89.5 Å². The zero-order valence-electron chi connectivity index (χ0n) is 18.2. The summed E-state index contributed by atoms with van der Waals surface area (Å²) in [5.41, 5.74) is 7.01. The molecule has 0 fully saturated rings. The lowest BCUT2D eigenvalue weighted by Gasteiger charge is -2.16. The Bertz CT molecular complexity index is 985. The van der Waals surface area contributed by atoms with E-state index in [1.165, 1.54) is 24.3 Å². The summed E-state index contributed by atoms with van der Waals surface area (Å²) < 4.78 is 43.8. The molecule has 0 aliphatic rings. The van der Waals surface area contributed by atoms with Gasteiger partial charge in [-0.1, -0.05) is 24.3 Å². The molecule has 0 amide bonds. The first-order valence-corrected chi connectivity index (χ1v) is 10.6. The van der Waals surface area contributed by atoms with Gasteiger partial charge in [0.2, 0.25) is 0 Å². The van der Waals surface area contributed by atoms with Gasteiger partial charge in [0.15, 0.2) is 11.5 Å². The summed E-state index contributed by atoms with van der Waals surface area (Å²) in [6.07, 6.45) is -0.700. The van der Waals surface area contributed by atoms with E-state index in [1.54, 1.807) is 42.5 Å². The number of halogens is 2. The van der Waals surface area contributed by atoms with Crippen molar-refractivity contribution in [3.63, 3.8) is 0 Å². The van der Waals surface area contributed by atoms with E-state index in [0.29, 0.717) is 36.9 Å². The molecule has 0 saturated heterocycles. The number of nitrogens with one attached hydrogen (secondary N) is 1. The molecular weight excluding hydrogens is 430 g/mol. The second kappa shape index (κ2) is 12.7. The van der Waals surface area contributed by atoms with E-state index in [0.717, 1.165) is 11.1 Å². The second-order valence-corrected chi connectivity index (χ2v) is 7.40. The average molecular weight is 459 g/mol. The Morgan fingerprint density at radius 3 is 1.94 bits per heavy atom. The first-order chi connectivity index (χ1) is 16.0. The molecule has 0 aliphatic heterocycles. The number of nitrogens with two attached hydrogens (primary N) is 1. The molecule has 0 aliphatic carbocycles. The van der Waals surface area contributed by atoms with E-state index in [-0.39, 0.29) is 31.5 Å². The van der Waals surface area contributed by atoms with Gasteiger partial charge in [-0.15, -0.1) is 0 Å². The van der Waals surface area contributed by atoms with Gasteiger partial charge in [0.25, 0.3) is 0 Å². The Labute approximate surface area is 191 Å². The van der Waals surface area contributed by atoms with Gasteiger partial charge in [-0.2, -0.15) is 0 Å². The number of hydrogen-bond acceptors (Lipinski definition) is 6. The standard InChI is InChI=1S/C25H28F2N2O4/c26-20-5-1-18(2-6-20)15-32-24-10-9-23(31-17-22(30)14-29-12-11-28)13-25(24)33-16-19-3-7-21(27)8-4-19/h1-10,13,22,29-30H,11-12,14-17,28H2/t22-/m1/s1. The van der Waals surface area contributed by atoms with Crippen LogP contribution in [0.5, 0.6) is 17.2 Å². The first-order valence-electron chi connectivity index (χ1n) is 10.6. The first kappa shape index (κ1) is 24.4. The lowest BCUT2D eigenvalue weighted by molar-refractivity contribution is 0.106. The molecule has 3 aromatic rings. The molecule has 4 N–H and O–H groups in total. The lowest BCUT2D eigenvalue weighted by atomic mass is 10.2. The van der Waals surface area contributed by atoms with Crippen molar-refractivity contribution >= 4 is 0 Å². The van der Waals surface area contributed by atoms with Gasteiger partial charge in [-0.3, -0.25) is 0 Å². The minimum absolute atomic E-state index is 0.0881. The van der Waals surface area contributed by atoms with Crippen molar-refractivity contribution in [3.8, 4) is 17.2 Å². The maximum Gasteiger partial charge on any atom is 0.165 e. The number of hydrogen-bond donors (Lipinski definition) is 3. The van der Waals surface area contributed by atoms with Crippen molar-refractivity contribution in [2.45, 2.75) is 19.3 Å². The van der Waals surface area contributed by atoms with E-state index in [4.69, 9.17) is 19.9 Å². The number of aliphatic hydroxyl groups is 1. The van der Waals surface area contributed by atoms with Crippen molar-refractivity contribution in [2.75, 3.05) is 26.2 Å². The van der Waals surface area contributed by atoms with Gasteiger partial charge in [-0.25, -0.2) is 8.78 Å². The largest absolute Gasteiger partial charge is 0.491 e. The van der Waals surface area contributed by atoms with Crippen molar-refractivity contribution < 1.29 is 28.1 Å². The molecule has 0 radical (unpaired) electrons. The average Bonchev–Trinajstić information content (AvgIpc) is 2.83. The third-order valence-electron chi connectivity index (χ3n) is 4.67. The van der Waals surface area contributed by atoms with Gasteiger partial charge in [0.1, 0.15) is 43.3 Å². The SMILES string of the molecule is NCCNC[C@@H](O)COc1ccc(OCc2ccc(F)cc2)c(OCc2ccc(F)cc2)c1. The highest BCUT2D eigenvalue weighted by Gasteiger charge is 2.11. The Hall–Kier alpha value is -3.20. The molecule has 33 heavy (non-hydrogen) atoms. The van der Waals surface area contributed by atoms with Crippen molar-refractivity contribution in [1.29, 1.82) is 0 Å². The van der Waals surface area contributed by atoms with Crippen LogP contribution in [0.4, 0.5) is 8.78 Å². The summed E-state index contributed by atoms with van der Waals surface area (Å²) in [7, 11) is 0. The van der Waals surface area contributed by atoms with Crippen LogP contribution in [0.1, 0.15) is 11.1 Å². The third kappa shape index (κ3) is 8.34. The van der Waals surface area contributed by atoms with Crippen molar-refractivity contribution in [1.82, 2.24) is 5.32 Å². The van der Waals surface area contributed by atoms with Crippen LogP contribution in [0, 0.1) is 11.6 Å². The van der Waals surface area contributed by atoms with Crippen LogP contribution in [0.25, 0.3) is 0 Å². The summed E-state index contributed by atoms with van der Waals surface area (Å²) in [6, 6.07) is 17.1. The molecule has 3 aromatic carbocycles. The molecule has 0 saturated carbocycles. The summed E-state index contributed by atoms with van der Waals surface area (Å²) in [5.74, 6) is 0.755. The van der Waals surface area contributed by atoms with Crippen molar-refractivity contribution in [2.24, 2.45) is 5.73 Å². The maximum atomic E-state index is 13.2. The molecule has 8 heteroatoms. The van der Waals surface area contributed by atoms with E-state index in [1.807, 2.05) is 0 Å². The van der Waals surface area contributed by atoms with E-state index < -0.39 is 6.10 Å². The fourth-order valence-electron chi connectivity index (χ4n) is 2.92. The molecule has 1 atom stereocenters. The molecule has 176 valence electrons. The van der Waals surface area contributed by atoms with E-state index in [9.17, 15) is 13.9 Å². The van der Waals surface area contributed by atoms with Gasteiger partial charge in [0.05, 0.1) is 0 Å². The van der Waals surface area contributed by atoms with Crippen LogP contribution in [0.2, 0.25) is 0 Å². The van der Waals surface area contributed by atoms with Gasteiger partial charge < -0.3 is 30.4 Å². The topological polar surface area (TPSA) is 86.0 Å². The normalized spacial score (nSPS) is 11.8. The summed E-state index contributed by atoms with van der Waals surface area (Å²) in [6.45, 7) is 1.97. The molecule has 0 spiro atoms. The zero-order valence-corrected chi connectivity index (χ0v) is 18.2. The van der Waals surface area contributed by atoms with Gasteiger partial charge >= 0.3 is 0 Å². The highest BCUT2D eigenvalue weighted by atomic mass is 19.1. The van der Waals surface area contributed by atoms with E-state index >= 15 is 0 Å².